The normalized spacial score (nSPS) is 22.2. The van der Waals surface area contributed by atoms with E-state index in [4.69, 9.17) is 11.6 Å². The summed E-state index contributed by atoms with van der Waals surface area (Å²) >= 11 is 6.02. The molecular formula is C14H18ClN5O3S. The van der Waals surface area contributed by atoms with Crippen LogP contribution in [0.1, 0.15) is 12.8 Å². The van der Waals surface area contributed by atoms with Crippen molar-refractivity contribution < 1.29 is 13.0 Å². The second kappa shape index (κ2) is 5.92. The third-order valence-electron chi connectivity index (χ3n) is 4.89. The molecule has 1 aromatic carbocycles. The molecule has 0 aliphatic carbocycles. The maximum Gasteiger partial charge on any atom is 0.245 e. The molecule has 0 amide bonds. The molecule has 2 aliphatic rings. The molecule has 24 heavy (non-hydrogen) atoms. The molecule has 0 bridgehead atoms. The maximum atomic E-state index is 13.0. The zero-order valence-electron chi connectivity index (χ0n) is 13.0. The van der Waals surface area contributed by atoms with E-state index in [1.807, 2.05) is 0 Å². The van der Waals surface area contributed by atoms with Gasteiger partial charge in [-0.25, -0.2) is 13.0 Å². The number of hydrogen-bond donors (Lipinski definition) is 2. The first-order valence-electron chi connectivity index (χ1n) is 7.89. The molecule has 8 nitrogen and oxygen atoms in total. The lowest BCUT2D eigenvalue weighted by atomic mass is 9.87. The Morgan fingerprint density at radius 3 is 2.62 bits per heavy atom. The minimum Gasteiger partial charge on any atom is -0.314 e. The number of rotatable bonds is 2. The molecule has 0 unspecified atom stereocenters. The van der Waals surface area contributed by atoms with Crippen molar-refractivity contribution in [2.24, 2.45) is 0 Å². The van der Waals surface area contributed by atoms with Crippen LogP contribution >= 0.6 is 11.6 Å². The molecular weight excluding hydrogens is 354 g/mol. The predicted molar refractivity (Wildman–Crippen MR) is 88.4 cm³/mol. The fraction of sp³-hybridized carbons (Fsp3) is 0.571. The van der Waals surface area contributed by atoms with Gasteiger partial charge < -0.3 is 10.6 Å². The summed E-state index contributed by atoms with van der Waals surface area (Å²) in [7, 11) is -3.67. The van der Waals surface area contributed by atoms with Crippen LogP contribution in [0.5, 0.6) is 0 Å². The third kappa shape index (κ3) is 2.60. The molecule has 2 aliphatic heterocycles. The number of aromatic nitrogens is 2. The Bertz CT molecular complexity index is 852. The van der Waals surface area contributed by atoms with E-state index >= 15 is 0 Å². The van der Waals surface area contributed by atoms with Gasteiger partial charge in [0.1, 0.15) is 4.90 Å². The average molecular weight is 372 g/mol. The SMILES string of the molecule is O=S(=O)(c1ccc(Cl)c2nonc12)N1CCC2(CC1)CNCCN2. The van der Waals surface area contributed by atoms with Crippen LogP contribution in [0, 0.1) is 0 Å². The van der Waals surface area contributed by atoms with Crippen molar-refractivity contribution in [1.82, 2.24) is 25.3 Å². The molecule has 0 atom stereocenters. The third-order valence-corrected chi connectivity index (χ3v) is 7.13. The van der Waals surface area contributed by atoms with Gasteiger partial charge in [0.2, 0.25) is 10.0 Å². The molecule has 0 saturated carbocycles. The number of piperidine rings is 1. The molecule has 2 N–H and O–H groups in total. The first-order valence-corrected chi connectivity index (χ1v) is 9.70. The Kier molecular flexibility index (Phi) is 4.00. The van der Waals surface area contributed by atoms with Crippen LogP contribution in [0.15, 0.2) is 21.7 Å². The summed E-state index contributed by atoms with van der Waals surface area (Å²) in [6.07, 6.45) is 1.54. The molecule has 10 heteroatoms. The molecule has 130 valence electrons. The van der Waals surface area contributed by atoms with Gasteiger partial charge in [-0.2, -0.15) is 4.31 Å². The van der Waals surface area contributed by atoms with Crippen molar-refractivity contribution in [2.45, 2.75) is 23.3 Å². The quantitative estimate of drug-likeness (QED) is 0.796. The summed E-state index contributed by atoms with van der Waals surface area (Å²) in [5.41, 5.74) is 0.444. The minimum absolute atomic E-state index is 0.00493. The number of benzene rings is 1. The Balaban J connectivity index is 1.61. The van der Waals surface area contributed by atoms with Crippen molar-refractivity contribution in [3.05, 3.63) is 17.2 Å². The number of fused-ring (bicyclic) bond motifs is 1. The van der Waals surface area contributed by atoms with Crippen molar-refractivity contribution in [1.29, 1.82) is 0 Å². The number of halogens is 1. The Morgan fingerprint density at radius 2 is 1.92 bits per heavy atom. The van der Waals surface area contributed by atoms with Gasteiger partial charge in [-0.1, -0.05) is 11.6 Å². The number of nitrogens with zero attached hydrogens (tertiary/aromatic N) is 3. The summed E-state index contributed by atoms with van der Waals surface area (Å²) in [5.74, 6) is 0. The van der Waals surface area contributed by atoms with E-state index in [-0.39, 0.29) is 21.5 Å². The first kappa shape index (κ1) is 16.2. The van der Waals surface area contributed by atoms with E-state index in [1.54, 1.807) is 0 Å². The molecule has 0 radical (unpaired) electrons. The first-order chi connectivity index (χ1) is 11.5. The highest BCUT2D eigenvalue weighted by atomic mass is 35.5. The zero-order chi connectivity index (χ0) is 16.8. The standard InChI is InChI=1S/C14H18ClN5O3S/c15-10-1-2-11(13-12(10)18-23-19-13)24(21,22)20-7-3-14(4-8-20)9-16-5-6-17-14/h1-2,16-17H,3-9H2. The van der Waals surface area contributed by atoms with E-state index in [1.165, 1.54) is 16.4 Å². The smallest absolute Gasteiger partial charge is 0.245 e. The molecule has 1 aromatic heterocycles. The highest BCUT2D eigenvalue weighted by Gasteiger charge is 2.39. The molecule has 2 saturated heterocycles. The lowest BCUT2D eigenvalue weighted by Crippen LogP contribution is -2.63. The summed E-state index contributed by atoms with van der Waals surface area (Å²) in [5, 5.41) is 14.7. The molecule has 1 spiro atoms. The zero-order valence-corrected chi connectivity index (χ0v) is 14.5. The van der Waals surface area contributed by atoms with Crippen molar-refractivity contribution >= 4 is 32.7 Å². The van der Waals surface area contributed by atoms with E-state index in [0.717, 1.165) is 32.5 Å². The number of hydrogen-bond acceptors (Lipinski definition) is 7. The van der Waals surface area contributed by atoms with Gasteiger partial charge in [-0.15, -0.1) is 0 Å². The van der Waals surface area contributed by atoms with Crippen LogP contribution in [0.4, 0.5) is 0 Å². The number of nitrogens with one attached hydrogen (secondary N) is 2. The van der Waals surface area contributed by atoms with E-state index in [9.17, 15) is 8.42 Å². The molecule has 2 fully saturated rings. The monoisotopic (exact) mass is 371 g/mol. The van der Waals surface area contributed by atoms with E-state index < -0.39 is 10.0 Å². The van der Waals surface area contributed by atoms with Gasteiger partial charge in [-0.3, -0.25) is 0 Å². The molecule has 4 rings (SSSR count). The van der Waals surface area contributed by atoms with Gasteiger partial charge in [0, 0.05) is 38.3 Å². The maximum absolute atomic E-state index is 13.0. The Morgan fingerprint density at radius 1 is 1.17 bits per heavy atom. The summed E-state index contributed by atoms with van der Waals surface area (Å²) in [4.78, 5) is 0.0915. The van der Waals surface area contributed by atoms with Gasteiger partial charge >= 0.3 is 0 Å². The van der Waals surface area contributed by atoms with Crippen molar-refractivity contribution in [3.8, 4) is 0 Å². The summed E-state index contributed by atoms with van der Waals surface area (Å²) in [6, 6.07) is 2.98. The second-order valence-corrected chi connectivity index (χ2v) is 8.61. The highest BCUT2D eigenvalue weighted by molar-refractivity contribution is 7.89. The molecule has 2 aromatic rings. The summed E-state index contributed by atoms with van der Waals surface area (Å²) < 4.78 is 32.2. The second-order valence-electron chi connectivity index (χ2n) is 6.29. The van der Waals surface area contributed by atoms with Gasteiger partial charge in [-0.05, 0) is 35.3 Å². The van der Waals surface area contributed by atoms with Crippen LogP contribution in [0.2, 0.25) is 5.02 Å². The van der Waals surface area contributed by atoms with Crippen LogP contribution in [0.25, 0.3) is 11.0 Å². The Hall–Kier alpha value is -1.26. The van der Waals surface area contributed by atoms with Crippen molar-refractivity contribution in [3.63, 3.8) is 0 Å². The van der Waals surface area contributed by atoms with Crippen LogP contribution in [-0.2, 0) is 10.0 Å². The van der Waals surface area contributed by atoms with Crippen LogP contribution in [-0.4, -0.2) is 61.3 Å². The minimum atomic E-state index is -3.67. The number of piperazine rings is 1. The van der Waals surface area contributed by atoms with E-state index in [2.05, 4.69) is 25.6 Å². The predicted octanol–water partition coefficient (Wildman–Crippen LogP) is 0.592. The highest BCUT2D eigenvalue weighted by Crippen LogP contribution is 2.31. The summed E-state index contributed by atoms with van der Waals surface area (Å²) in [6.45, 7) is 3.67. The lowest BCUT2D eigenvalue weighted by molar-refractivity contribution is 0.169. The number of sulfonamides is 1. The van der Waals surface area contributed by atoms with Gasteiger partial charge in [0.25, 0.3) is 0 Å². The van der Waals surface area contributed by atoms with E-state index in [0.29, 0.717) is 18.1 Å². The fourth-order valence-electron chi connectivity index (χ4n) is 3.48. The van der Waals surface area contributed by atoms with Crippen LogP contribution < -0.4 is 10.6 Å². The van der Waals surface area contributed by atoms with Gasteiger partial charge in [0.15, 0.2) is 11.0 Å². The van der Waals surface area contributed by atoms with Crippen molar-refractivity contribution in [2.75, 3.05) is 32.7 Å². The van der Waals surface area contributed by atoms with Gasteiger partial charge in [0.05, 0.1) is 5.02 Å². The van der Waals surface area contributed by atoms with Crippen LogP contribution in [0.3, 0.4) is 0 Å². The topological polar surface area (TPSA) is 100 Å². The Labute approximate surface area is 144 Å². The molecule has 3 heterocycles. The lowest BCUT2D eigenvalue weighted by Gasteiger charge is -2.44. The average Bonchev–Trinajstić information content (AvgIpc) is 3.06. The fourth-order valence-corrected chi connectivity index (χ4v) is 5.22. The largest absolute Gasteiger partial charge is 0.314 e.